The molecule has 0 bridgehead atoms. The molecular formula is C15H21FN4S. The number of hydrogen-bond acceptors (Lipinski definition) is 5. The number of rotatable bonds is 8. The Labute approximate surface area is 129 Å². The normalized spacial score (nSPS) is 10.8. The van der Waals surface area contributed by atoms with E-state index < -0.39 is 0 Å². The molecule has 0 aliphatic carbocycles. The third-order valence-corrected chi connectivity index (χ3v) is 3.98. The summed E-state index contributed by atoms with van der Waals surface area (Å²) < 4.78 is 17.6. The molecule has 1 N–H and O–H groups in total. The van der Waals surface area contributed by atoms with Gasteiger partial charge in [-0.15, -0.1) is 0 Å². The Balaban J connectivity index is 1.99. The first-order valence-corrected chi connectivity index (χ1v) is 8.03. The minimum absolute atomic E-state index is 0.219. The molecule has 4 nitrogen and oxygen atoms in total. The quantitative estimate of drug-likeness (QED) is 0.761. The number of nitrogens with zero attached hydrogens (tertiary/aromatic N) is 3. The van der Waals surface area contributed by atoms with E-state index in [-0.39, 0.29) is 5.82 Å². The lowest BCUT2D eigenvalue weighted by Crippen LogP contribution is -2.31. The smallest absolute Gasteiger partial charge is 0.205 e. The van der Waals surface area contributed by atoms with Gasteiger partial charge in [0.25, 0.3) is 0 Å². The summed E-state index contributed by atoms with van der Waals surface area (Å²) >= 11 is 1.41. The summed E-state index contributed by atoms with van der Waals surface area (Å²) in [7, 11) is 0. The molecule has 0 amide bonds. The Morgan fingerprint density at radius 1 is 1.33 bits per heavy atom. The Morgan fingerprint density at radius 3 is 2.90 bits per heavy atom. The number of halogens is 1. The second-order valence-electron chi connectivity index (χ2n) is 4.73. The van der Waals surface area contributed by atoms with Gasteiger partial charge in [-0.1, -0.05) is 19.1 Å². The molecule has 0 aliphatic heterocycles. The molecule has 1 aromatic carbocycles. The standard InChI is InChI=1S/C15H21FN4S/c1-3-17-8-9-20(4-2)15-18-14(19-21-15)11-12-6-5-7-13(16)10-12/h5-7,10,17H,3-4,8-9,11H2,1-2H3. The van der Waals surface area contributed by atoms with Gasteiger partial charge in [0.1, 0.15) is 11.6 Å². The lowest BCUT2D eigenvalue weighted by atomic mass is 10.1. The van der Waals surface area contributed by atoms with Gasteiger partial charge in [-0.05, 0) is 31.2 Å². The second-order valence-corrected chi connectivity index (χ2v) is 5.46. The van der Waals surface area contributed by atoms with Crippen LogP contribution in [-0.2, 0) is 6.42 Å². The molecule has 2 rings (SSSR count). The van der Waals surface area contributed by atoms with Crippen LogP contribution in [0.2, 0.25) is 0 Å². The Bertz CT molecular complexity index is 558. The van der Waals surface area contributed by atoms with Gasteiger partial charge < -0.3 is 10.2 Å². The van der Waals surface area contributed by atoms with E-state index in [0.29, 0.717) is 6.42 Å². The van der Waals surface area contributed by atoms with E-state index in [2.05, 4.69) is 33.4 Å². The zero-order valence-electron chi connectivity index (χ0n) is 12.5. The largest absolute Gasteiger partial charge is 0.346 e. The molecule has 1 aromatic heterocycles. The third kappa shape index (κ3) is 4.75. The van der Waals surface area contributed by atoms with Crippen molar-refractivity contribution >= 4 is 16.7 Å². The van der Waals surface area contributed by atoms with Crippen LogP contribution in [0, 0.1) is 5.82 Å². The van der Waals surface area contributed by atoms with Crippen molar-refractivity contribution in [2.24, 2.45) is 0 Å². The van der Waals surface area contributed by atoms with Crippen LogP contribution in [0.15, 0.2) is 24.3 Å². The number of aromatic nitrogens is 2. The minimum Gasteiger partial charge on any atom is -0.346 e. The van der Waals surface area contributed by atoms with Gasteiger partial charge in [0.2, 0.25) is 5.13 Å². The van der Waals surface area contributed by atoms with E-state index in [4.69, 9.17) is 0 Å². The molecule has 0 saturated carbocycles. The van der Waals surface area contributed by atoms with Gasteiger partial charge in [0.05, 0.1) is 0 Å². The van der Waals surface area contributed by atoms with Gasteiger partial charge in [-0.25, -0.2) is 9.37 Å². The molecule has 0 fully saturated rings. The molecule has 2 aromatic rings. The molecule has 0 unspecified atom stereocenters. The molecule has 6 heteroatoms. The summed E-state index contributed by atoms with van der Waals surface area (Å²) in [4.78, 5) is 6.77. The maximum atomic E-state index is 13.2. The van der Waals surface area contributed by atoms with E-state index in [1.807, 2.05) is 6.07 Å². The number of anilines is 1. The van der Waals surface area contributed by atoms with Crippen LogP contribution in [0.3, 0.4) is 0 Å². The van der Waals surface area contributed by atoms with Crippen molar-refractivity contribution in [1.82, 2.24) is 14.7 Å². The highest BCUT2D eigenvalue weighted by Gasteiger charge is 2.11. The number of benzene rings is 1. The summed E-state index contributed by atoms with van der Waals surface area (Å²) in [6.07, 6.45) is 0.568. The van der Waals surface area contributed by atoms with Crippen molar-refractivity contribution in [1.29, 1.82) is 0 Å². The fourth-order valence-corrected chi connectivity index (χ4v) is 2.83. The fourth-order valence-electron chi connectivity index (χ4n) is 2.05. The Hall–Kier alpha value is -1.53. The molecule has 21 heavy (non-hydrogen) atoms. The first kappa shape index (κ1) is 15.9. The highest BCUT2D eigenvalue weighted by molar-refractivity contribution is 7.09. The highest BCUT2D eigenvalue weighted by atomic mass is 32.1. The maximum absolute atomic E-state index is 13.2. The monoisotopic (exact) mass is 308 g/mol. The van der Waals surface area contributed by atoms with E-state index >= 15 is 0 Å². The summed E-state index contributed by atoms with van der Waals surface area (Å²) in [6, 6.07) is 6.59. The fraction of sp³-hybridized carbons (Fsp3) is 0.467. The van der Waals surface area contributed by atoms with Crippen molar-refractivity contribution in [3.63, 3.8) is 0 Å². The van der Waals surface area contributed by atoms with Crippen LogP contribution in [0.4, 0.5) is 9.52 Å². The third-order valence-electron chi connectivity index (χ3n) is 3.17. The SMILES string of the molecule is CCNCCN(CC)c1nc(Cc2cccc(F)c2)ns1. The minimum atomic E-state index is -0.219. The van der Waals surface area contributed by atoms with Gasteiger partial charge in [-0.3, -0.25) is 0 Å². The molecule has 114 valence electrons. The zero-order valence-corrected chi connectivity index (χ0v) is 13.3. The Kier molecular flexibility index (Phi) is 6.07. The molecule has 0 spiro atoms. The average molecular weight is 308 g/mol. The van der Waals surface area contributed by atoms with Crippen molar-refractivity contribution in [3.05, 3.63) is 41.5 Å². The van der Waals surface area contributed by atoms with Crippen LogP contribution in [0.5, 0.6) is 0 Å². The van der Waals surface area contributed by atoms with Gasteiger partial charge in [0, 0.05) is 37.6 Å². The van der Waals surface area contributed by atoms with Crippen molar-refractivity contribution in [2.75, 3.05) is 31.1 Å². The number of hydrogen-bond donors (Lipinski definition) is 1. The zero-order chi connectivity index (χ0) is 15.1. The van der Waals surface area contributed by atoms with E-state index in [1.165, 1.54) is 23.7 Å². The highest BCUT2D eigenvalue weighted by Crippen LogP contribution is 2.18. The average Bonchev–Trinajstić information content (AvgIpc) is 2.92. The lowest BCUT2D eigenvalue weighted by molar-refractivity contribution is 0.626. The van der Waals surface area contributed by atoms with Crippen LogP contribution >= 0.6 is 11.5 Å². The van der Waals surface area contributed by atoms with Crippen LogP contribution < -0.4 is 10.2 Å². The summed E-state index contributed by atoms with van der Waals surface area (Å²) in [5.41, 5.74) is 0.898. The number of likely N-dealkylation sites (N-methyl/N-ethyl adjacent to an activating group) is 2. The molecular weight excluding hydrogens is 287 g/mol. The van der Waals surface area contributed by atoms with E-state index in [0.717, 1.165) is 42.7 Å². The van der Waals surface area contributed by atoms with E-state index in [1.54, 1.807) is 6.07 Å². The van der Waals surface area contributed by atoms with Gasteiger partial charge >= 0.3 is 0 Å². The van der Waals surface area contributed by atoms with Crippen LogP contribution in [-0.4, -0.2) is 35.5 Å². The van der Waals surface area contributed by atoms with Crippen LogP contribution in [0.25, 0.3) is 0 Å². The van der Waals surface area contributed by atoms with Gasteiger partial charge in [-0.2, -0.15) is 4.37 Å². The summed E-state index contributed by atoms with van der Waals surface area (Å²) in [6.45, 7) is 7.93. The number of nitrogens with one attached hydrogen (secondary N) is 1. The van der Waals surface area contributed by atoms with Crippen LogP contribution in [0.1, 0.15) is 25.2 Å². The first-order valence-electron chi connectivity index (χ1n) is 7.25. The summed E-state index contributed by atoms with van der Waals surface area (Å²) in [5, 5.41) is 4.24. The molecule has 0 atom stereocenters. The van der Waals surface area contributed by atoms with Crippen molar-refractivity contribution in [2.45, 2.75) is 20.3 Å². The summed E-state index contributed by atoms with van der Waals surface area (Å²) in [5.74, 6) is 0.534. The second kappa shape index (κ2) is 8.05. The Morgan fingerprint density at radius 2 is 2.19 bits per heavy atom. The van der Waals surface area contributed by atoms with Gasteiger partial charge in [0.15, 0.2) is 0 Å². The van der Waals surface area contributed by atoms with Crippen molar-refractivity contribution in [3.8, 4) is 0 Å². The maximum Gasteiger partial charge on any atom is 0.205 e. The topological polar surface area (TPSA) is 41.0 Å². The predicted molar refractivity (Wildman–Crippen MR) is 85.5 cm³/mol. The molecule has 1 heterocycles. The molecule has 0 saturated heterocycles. The van der Waals surface area contributed by atoms with E-state index in [9.17, 15) is 4.39 Å². The predicted octanol–water partition coefficient (Wildman–Crippen LogP) is 2.70. The lowest BCUT2D eigenvalue weighted by Gasteiger charge is -2.18. The first-order chi connectivity index (χ1) is 10.2. The molecule has 0 radical (unpaired) electrons. The molecule has 0 aliphatic rings. The van der Waals surface area contributed by atoms with Crippen molar-refractivity contribution < 1.29 is 4.39 Å².